The number of rotatable bonds is 7. The summed E-state index contributed by atoms with van der Waals surface area (Å²) >= 11 is 0. The zero-order valence-electron chi connectivity index (χ0n) is 10.4. The second kappa shape index (κ2) is 7.68. The molecule has 1 N–H and O–H groups in total. The van der Waals surface area contributed by atoms with Crippen LogP contribution in [0.15, 0.2) is 24.3 Å². The fourth-order valence-corrected chi connectivity index (χ4v) is 1.53. The molecule has 0 amide bonds. The molecule has 0 bridgehead atoms. The summed E-state index contributed by atoms with van der Waals surface area (Å²) in [6.45, 7) is 1.33. The van der Waals surface area contributed by atoms with Crippen LogP contribution in [0.1, 0.15) is 18.4 Å². The highest BCUT2D eigenvalue weighted by Crippen LogP contribution is 2.15. The van der Waals surface area contributed by atoms with Crippen LogP contribution >= 0.6 is 0 Å². The van der Waals surface area contributed by atoms with E-state index in [4.69, 9.17) is 4.74 Å². The normalized spacial score (nSPS) is 10.0. The second-order valence-electron chi connectivity index (χ2n) is 3.70. The topological polar surface area (TPSA) is 47.6 Å². The summed E-state index contributed by atoms with van der Waals surface area (Å²) in [5, 5.41) is 3.29. The third-order valence-corrected chi connectivity index (χ3v) is 2.42. The first-order valence-electron chi connectivity index (χ1n) is 5.65. The molecule has 0 atom stereocenters. The third-order valence-electron chi connectivity index (χ3n) is 2.42. The van der Waals surface area contributed by atoms with Crippen molar-refractivity contribution in [1.82, 2.24) is 0 Å². The zero-order valence-corrected chi connectivity index (χ0v) is 10.4. The number of carbonyl (C=O) groups is 1. The molecule has 0 aliphatic rings. The smallest absolute Gasteiger partial charge is 0.305 e. The summed E-state index contributed by atoms with van der Waals surface area (Å²) in [7, 11) is 3.08. The highest BCUT2D eigenvalue weighted by Gasteiger charge is 2.02. The van der Waals surface area contributed by atoms with Gasteiger partial charge in [0.05, 0.1) is 13.7 Å². The molecule has 0 saturated carbocycles. The molecule has 0 radical (unpaired) electrons. The molecule has 0 spiro atoms. The van der Waals surface area contributed by atoms with E-state index < -0.39 is 0 Å². The van der Waals surface area contributed by atoms with Crippen molar-refractivity contribution in [2.45, 2.75) is 19.4 Å². The number of para-hydroxylation sites is 1. The van der Waals surface area contributed by atoms with Crippen LogP contribution in [-0.4, -0.2) is 26.7 Å². The first-order chi connectivity index (χ1) is 8.27. The van der Waals surface area contributed by atoms with Gasteiger partial charge in [0.25, 0.3) is 0 Å². The number of nitrogens with one attached hydrogen (secondary N) is 1. The van der Waals surface area contributed by atoms with Gasteiger partial charge in [0, 0.05) is 31.3 Å². The first-order valence-corrected chi connectivity index (χ1v) is 5.65. The number of esters is 1. The van der Waals surface area contributed by atoms with Crippen LogP contribution in [0.25, 0.3) is 0 Å². The SMILES string of the molecule is COCc1ccccc1NCCCC(=O)OC. The fourth-order valence-electron chi connectivity index (χ4n) is 1.53. The molecule has 0 aliphatic heterocycles. The van der Waals surface area contributed by atoms with Gasteiger partial charge in [0.2, 0.25) is 0 Å². The Morgan fingerprint density at radius 1 is 1.29 bits per heavy atom. The molecule has 17 heavy (non-hydrogen) atoms. The van der Waals surface area contributed by atoms with Gasteiger partial charge in [-0.05, 0) is 12.5 Å². The second-order valence-corrected chi connectivity index (χ2v) is 3.70. The number of ether oxygens (including phenoxy) is 2. The van der Waals surface area contributed by atoms with Crippen molar-refractivity contribution in [3.63, 3.8) is 0 Å². The van der Waals surface area contributed by atoms with E-state index in [9.17, 15) is 4.79 Å². The van der Waals surface area contributed by atoms with Crippen LogP contribution in [0.2, 0.25) is 0 Å². The Morgan fingerprint density at radius 3 is 2.76 bits per heavy atom. The van der Waals surface area contributed by atoms with Crippen molar-refractivity contribution in [3.05, 3.63) is 29.8 Å². The van der Waals surface area contributed by atoms with Crippen LogP contribution in [0, 0.1) is 0 Å². The lowest BCUT2D eigenvalue weighted by molar-refractivity contribution is -0.140. The monoisotopic (exact) mass is 237 g/mol. The van der Waals surface area contributed by atoms with Gasteiger partial charge in [0.1, 0.15) is 0 Å². The molecule has 1 aromatic rings. The molecule has 1 aromatic carbocycles. The van der Waals surface area contributed by atoms with Gasteiger partial charge in [-0.15, -0.1) is 0 Å². The summed E-state index contributed by atoms with van der Waals surface area (Å²) < 4.78 is 9.69. The Labute approximate surface area is 102 Å². The molecule has 0 aliphatic carbocycles. The predicted octanol–water partition coefficient (Wildman–Crippen LogP) is 2.20. The maximum atomic E-state index is 10.9. The van der Waals surface area contributed by atoms with E-state index in [2.05, 4.69) is 10.1 Å². The van der Waals surface area contributed by atoms with Gasteiger partial charge in [-0.2, -0.15) is 0 Å². The number of methoxy groups -OCH3 is 2. The van der Waals surface area contributed by atoms with E-state index in [-0.39, 0.29) is 5.97 Å². The zero-order chi connectivity index (χ0) is 12.5. The van der Waals surface area contributed by atoms with Crippen molar-refractivity contribution in [3.8, 4) is 0 Å². The number of hydrogen-bond acceptors (Lipinski definition) is 4. The van der Waals surface area contributed by atoms with Crippen LogP contribution in [0.5, 0.6) is 0 Å². The Bertz CT molecular complexity index is 352. The van der Waals surface area contributed by atoms with E-state index in [1.54, 1.807) is 7.11 Å². The molecular formula is C13H19NO3. The van der Waals surface area contributed by atoms with Crippen molar-refractivity contribution < 1.29 is 14.3 Å². The van der Waals surface area contributed by atoms with Gasteiger partial charge in [-0.1, -0.05) is 18.2 Å². The van der Waals surface area contributed by atoms with Gasteiger partial charge in [0.15, 0.2) is 0 Å². The number of carbonyl (C=O) groups excluding carboxylic acids is 1. The Hall–Kier alpha value is -1.55. The van der Waals surface area contributed by atoms with E-state index >= 15 is 0 Å². The summed E-state index contributed by atoms with van der Waals surface area (Å²) in [5.74, 6) is -0.169. The Balaban J connectivity index is 2.38. The maximum absolute atomic E-state index is 10.9. The van der Waals surface area contributed by atoms with Gasteiger partial charge >= 0.3 is 5.97 Å². The molecule has 94 valence electrons. The van der Waals surface area contributed by atoms with E-state index in [0.717, 1.165) is 24.2 Å². The quantitative estimate of drug-likeness (QED) is 0.583. The van der Waals surface area contributed by atoms with Crippen LogP contribution in [0.3, 0.4) is 0 Å². The molecule has 0 heterocycles. The molecule has 0 unspecified atom stereocenters. The summed E-state index contributed by atoms with van der Waals surface area (Å²) in [4.78, 5) is 10.9. The standard InChI is InChI=1S/C13H19NO3/c1-16-10-11-6-3-4-7-12(11)14-9-5-8-13(15)17-2/h3-4,6-7,14H,5,8-10H2,1-2H3. The summed E-state index contributed by atoms with van der Waals surface area (Å²) in [6, 6.07) is 7.98. The first kappa shape index (κ1) is 13.5. The minimum absolute atomic E-state index is 0.169. The van der Waals surface area contributed by atoms with E-state index in [1.165, 1.54) is 7.11 Å². The molecule has 1 rings (SSSR count). The lowest BCUT2D eigenvalue weighted by Gasteiger charge is -2.10. The minimum atomic E-state index is -0.169. The fraction of sp³-hybridized carbons (Fsp3) is 0.462. The lowest BCUT2D eigenvalue weighted by Crippen LogP contribution is -2.08. The minimum Gasteiger partial charge on any atom is -0.469 e. The molecular weight excluding hydrogens is 218 g/mol. The summed E-state index contributed by atoms with van der Waals surface area (Å²) in [6.07, 6.45) is 1.20. The highest BCUT2D eigenvalue weighted by atomic mass is 16.5. The van der Waals surface area contributed by atoms with Crippen LogP contribution in [0.4, 0.5) is 5.69 Å². The number of benzene rings is 1. The number of hydrogen-bond donors (Lipinski definition) is 1. The molecule has 4 heteroatoms. The number of anilines is 1. The average molecular weight is 237 g/mol. The van der Waals surface area contributed by atoms with Crippen LogP contribution in [-0.2, 0) is 20.9 Å². The molecule has 0 saturated heterocycles. The van der Waals surface area contributed by atoms with Crippen LogP contribution < -0.4 is 5.32 Å². The van der Waals surface area contributed by atoms with E-state index in [0.29, 0.717) is 13.0 Å². The molecule has 0 aromatic heterocycles. The third kappa shape index (κ3) is 4.87. The largest absolute Gasteiger partial charge is 0.469 e. The molecule has 4 nitrogen and oxygen atoms in total. The van der Waals surface area contributed by atoms with Crippen molar-refractivity contribution in [1.29, 1.82) is 0 Å². The Morgan fingerprint density at radius 2 is 2.06 bits per heavy atom. The van der Waals surface area contributed by atoms with Gasteiger partial charge in [-0.3, -0.25) is 4.79 Å². The van der Waals surface area contributed by atoms with Gasteiger partial charge < -0.3 is 14.8 Å². The van der Waals surface area contributed by atoms with E-state index in [1.807, 2.05) is 24.3 Å². The summed E-state index contributed by atoms with van der Waals surface area (Å²) in [5.41, 5.74) is 2.17. The molecule has 0 fully saturated rings. The highest BCUT2D eigenvalue weighted by molar-refractivity contribution is 5.69. The predicted molar refractivity (Wildman–Crippen MR) is 66.9 cm³/mol. The Kier molecular flexibility index (Phi) is 6.10. The van der Waals surface area contributed by atoms with Crippen molar-refractivity contribution >= 4 is 11.7 Å². The lowest BCUT2D eigenvalue weighted by atomic mass is 10.2. The van der Waals surface area contributed by atoms with Crippen molar-refractivity contribution in [2.24, 2.45) is 0 Å². The van der Waals surface area contributed by atoms with Gasteiger partial charge in [-0.25, -0.2) is 0 Å². The maximum Gasteiger partial charge on any atom is 0.305 e. The van der Waals surface area contributed by atoms with Crippen molar-refractivity contribution in [2.75, 3.05) is 26.1 Å². The average Bonchev–Trinajstić information content (AvgIpc) is 2.36.